The lowest BCUT2D eigenvalue weighted by Gasteiger charge is -2.38. The molecule has 2 aromatic rings. The molecule has 3 rings (SSSR count). The van der Waals surface area contributed by atoms with Gasteiger partial charge in [0.05, 0.1) is 12.1 Å². The van der Waals surface area contributed by atoms with Crippen molar-refractivity contribution in [2.75, 3.05) is 44.2 Å². The molecule has 0 atom stereocenters. The fraction of sp³-hybridized carbons (Fsp3) is 0.476. The van der Waals surface area contributed by atoms with Gasteiger partial charge in [-0.15, -0.1) is 16.8 Å². The van der Waals surface area contributed by atoms with Gasteiger partial charge in [-0.25, -0.2) is 0 Å². The van der Waals surface area contributed by atoms with Crippen molar-refractivity contribution in [1.82, 2.24) is 25.0 Å². The zero-order valence-corrected chi connectivity index (χ0v) is 17.6. The molecular weight excluding hydrogens is 407 g/mol. The number of guanidine groups is 1. The summed E-state index contributed by atoms with van der Waals surface area (Å²) in [6.45, 7) is 10.2. The second-order valence-electron chi connectivity index (χ2n) is 7.19. The number of anilines is 1. The number of alkyl halides is 3. The van der Waals surface area contributed by atoms with Crippen molar-refractivity contribution in [2.45, 2.75) is 26.1 Å². The highest BCUT2D eigenvalue weighted by Crippen LogP contribution is 2.31. The molecule has 0 spiro atoms. The Balaban J connectivity index is 1.62. The maximum absolute atomic E-state index is 13.0. The zero-order valence-electron chi connectivity index (χ0n) is 17.6. The summed E-state index contributed by atoms with van der Waals surface area (Å²) in [5.74, 6) is 1.69. The molecule has 0 radical (unpaired) electrons. The molecule has 0 amide bonds. The lowest BCUT2D eigenvalue weighted by Crippen LogP contribution is -2.52. The molecule has 1 aromatic carbocycles. The standard InChI is InChI=1S/C21H28F3N7/c1-3-8-25-20(26-9-10-31-16-27-28-19(31)4-2)30-13-11-29(12-14-30)18-7-5-6-17(15-18)21(22,23)24/h3,5-7,15-16H,1,4,8-14H2,2H3,(H,25,26). The molecule has 1 aromatic heterocycles. The van der Waals surface area contributed by atoms with E-state index in [-0.39, 0.29) is 0 Å². The summed E-state index contributed by atoms with van der Waals surface area (Å²) in [7, 11) is 0. The summed E-state index contributed by atoms with van der Waals surface area (Å²) in [6, 6.07) is 5.49. The van der Waals surface area contributed by atoms with Gasteiger partial charge >= 0.3 is 6.18 Å². The first-order valence-corrected chi connectivity index (χ1v) is 10.4. The normalized spacial score (nSPS) is 15.3. The summed E-state index contributed by atoms with van der Waals surface area (Å²) in [5, 5.41) is 11.3. The molecule has 31 heavy (non-hydrogen) atoms. The first-order valence-electron chi connectivity index (χ1n) is 10.4. The number of nitrogens with one attached hydrogen (secondary N) is 1. The van der Waals surface area contributed by atoms with Crippen molar-refractivity contribution in [1.29, 1.82) is 0 Å². The first kappa shape index (κ1) is 22.6. The second kappa shape index (κ2) is 10.3. The number of nitrogens with zero attached hydrogens (tertiary/aromatic N) is 6. The number of rotatable bonds is 7. The Bertz CT molecular complexity index is 883. The van der Waals surface area contributed by atoms with E-state index in [4.69, 9.17) is 4.99 Å². The van der Waals surface area contributed by atoms with E-state index in [1.54, 1.807) is 18.5 Å². The Morgan fingerprint density at radius 2 is 2.03 bits per heavy atom. The Morgan fingerprint density at radius 1 is 1.26 bits per heavy atom. The Morgan fingerprint density at radius 3 is 2.71 bits per heavy atom. The maximum atomic E-state index is 13.0. The minimum atomic E-state index is -4.34. The molecular formula is C21H28F3N7. The SMILES string of the molecule is C=CCNC(=NCCn1cnnc1CC)N1CCN(c2cccc(C(F)(F)F)c2)CC1. The van der Waals surface area contributed by atoms with Crippen LogP contribution in [0.25, 0.3) is 0 Å². The fourth-order valence-electron chi connectivity index (χ4n) is 3.49. The van der Waals surface area contributed by atoms with Gasteiger partial charge in [-0.2, -0.15) is 13.2 Å². The van der Waals surface area contributed by atoms with Crippen LogP contribution in [0.4, 0.5) is 18.9 Å². The molecule has 1 aliphatic rings. The monoisotopic (exact) mass is 435 g/mol. The smallest absolute Gasteiger partial charge is 0.368 e. The van der Waals surface area contributed by atoms with Gasteiger partial charge in [-0.1, -0.05) is 19.1 Å². The molecule has 1 fully saturated rings. The van der Waals surface area contributed by atoms with Gasteiger partial charge in [0.1, 0.15) is 12.2 Å². The van der Waals surface area contributed by atoms with E-state index in [0.717, 1.165) is 24.3 Å². The molecule has 10 heteroatoms. The van der Waals surface area contributed by atoms with E-state index in [2.05, 4.69) is 27.0 Å². The molecule has 168 valence electrons. The van der Waals surface area contributed by atoms with E-state index in [9.17, 15) is 13.2 Å². The molecule has 0 aliphatic carbocycles. The molecule has 1 N–H and O–H groups in total. The van der Waals surface area contributed by atoms with Crippen LogP contribution in [-0.4, -0.2) is 64.9 Å². The third-order valence-corrected chi connectivity index (χ3v) is 5.14. The van der Waals surface area contributed by atoms with Crippen LogP contribution in [0.5, 0.6) is 0 Å². The van der Waals surface area contributed by atoms with Gasteiger partial charge in [0.25, 0.3) is 0 Å². The van der Waals surface area contributed by atoms with Crippen LogP contribution >= 0.6 is 0 Å². The van der Waals surface area contributed by atoms with E-state index in [1.165, 1.54) is 12.1 Å². The van der Waals surface area contributed by atoms with Crippen molar-refractivity contribution in [3.05, 3.63) is 54.6 Å². The van der Waals surface area contributed by atoms with Crippen LogP contribution in [0, 0.1) is 0 Å². The lowest BCUT2D eigenvalue weighted by atomic mass is 10.1. The van der Waals surface area contributed by atoms with Crippen molar-refractivity contribution >= 4 is 11.6 Å². The molecule has 1 aliphatic heterocycles. The first-order chi connectivity index (χ1) is 14.9. The van der Waals surface area contributed by atoms with Crippen molar-refractivity contribution < 1.29 is 13.2 Å². The highest BCUT2D eigenvalue weighted by atomic mass is 19.4. The number of hydrogen-bond donors (Lipinski definition) is 1. The van der Waals surface area contributed by atoms with Crippen LogP contribution in [0.3, 0.4) is 0 Å². The maximum Gasteiger partial charge on any atom is 0.416 e. The number of halogens is 3. The predicted octanol–water partition coefficient (Wildman–Crippen LogP) is 2.81. The van der Waals surface area contributed by atoms with Crippen molar-refractivity contribution in [3.63, 3.8) is 0 Å². The topological polar surface area (TPSA) is 61.6 Å². The Labute approximate surface area is 180 Å². The van der Waals surface area contributed by atoms with Crippen LogP contribution < -0.4 is 10.2 Å². The minimum Gasteiger partial charge on any atom is -0.368 e. The molecule has 0 unspecified atom stereocenters. The number of benzene rings is 1. The van der Waals surface area contributed by atoms with Crippen LogP contribution in [0.2, 0.25) is 0 Å². The van der Waals surface area contributed by atoms with Crippen LogP contribution in [0.15, 0.2) is 48.2 Å². The van der Waals surface area contributed by atoms with E-state index in [0.29, 0.717) is 51.5 Å². The van der Waals surface area contributed by atoms with Crippen molar-refractivity contribution in [3.8, 4) is 0 Å². The second-order valence-corrected chi connectivity index (χ2v) is 7.19. The Hall–Kier alpha value is -3.04. The van der Waals surface area contributed by atoms with E-state index < -0.39 is 11.7 Å². The van der Waals surface area contributed by atoms with E-state index >= 15 is 0 Å². The summed E-state index contributed by atoms with van der Waals surface area (Å²) >= 11 is 0. The molecule has 0 bridgehead atoms. The van der Waals surface area contributed by atoms with Gasteiger partial charge in [0.15, 0.2) is 5.96 Å². The third-order valence-electron chi connectivity index (χ3n) is 5.14. The summed E-state index contributed by atoms with van der Waals surface area (Å²) in [6.07, 6.45) is -0.0557. The minimum absolute atomic E-state index is 0.568. The van der Waals surface area contributed by atoms with Crippen LogP contribution in [-0.2, 0) is 19.1 Å². The van der Waals surface area contributed by atoms with Gasteiger partial charge in [0, 0.05) is 51.4 Å². The summed E-state index contributed by atoms with van der Waals surface area (Å²) in [4.78, 5) is 8.82. The quantitative estimate of drug-likeness (QED) is 0.412. The van der Waals surface area contributed by atoms with Crippen molar-refractivity contribution in [2.24, 2.45) is 4.99 Å². The lowest BCUT2D eigenvalue weighted by molar-refractivity contribution is -0.137. The summed E-state index contributed by atoms with van der Waals surface area (Å²) < 4.78 is 41.0. The van der Waals surface area contributed by atoms with E-state index in [1.807, 2.05) is 16.4 Å². The molecule has 2 heterocycles. The highest BCUT2D eigenvalue weighted by molar-refractivity contribution is 5.80. The average molecular weight is 435 g/mol. The number of aliphatic imine (C=N–C) groups is 1. The predicted molar refractivity (Wildman–Crippen MR) is 115 cm³/mol. The number of aromatic nitrogens is 3. The summed E-state index contributed by atoms with van der Waals surface area (Å²) in [5.41, 5.74) is -0.0329. The Kier molecular flexibility index (Phi) is 7.54. The van der Waals surface area contributed by atoms with Gasteiger partial charge in [-0.3, -0.25) is 4.99 Å². The van der Waals surface area contributed by atoms with Crippen LogP contribution in [0.1, 0.15) is 18.3 Å². The number of hydrogen-bond acceptors (Lipinski definition) is 4. The molecule has 0 saturated carbocycles. The van der Waals surface area contributed by atoms with Gasteiger partial charge in [-0.05, 0) is 18.2 Å². The largest absolute Gasteiger partial charge is 0.416 e. The third kappa shape index (κ3) is 5.99. The molecule has 1 saturated heterocycles. The number of piperazine rings is 1. The number of aryl methyl sites for hydroxylation is 1. The average Bonchev–Trinajstić information content (AvgIpc) is 3.23. The van der Waals surface area contributed by atoms with Gasteiger partial charge in [0.2, 0.25) is 0 Å². The highest BCUT2D eigenvalue weighted by Gasteiger charge is 2.31. The zero-order chi connectivity index (χ0) is 22.3. The molecule has 7 nitrogen and oxygen atoms in total. The van der Waals surface area contributed by atoms with Gasteiger partial charge < -0.3 is 19.7 Å². The fourth-order valence-corrected chi connectivity index (χ4v) is 3.49.